The summed E-state index contributed by atoms with van der Waals surface area (Å²) < 4.78 is 0. The third-order valence-corrected chi connectivity index (χ3v) is 3.31. The minimum atomic E-state index is 0.289. The largest absolute Gasteiger partial charge is 0.315 e. The predicted octanol–water partition coefficient (Wildman–Crippen LogP) is 3.27. The van der Waals surface area contributed by atoms with Gasteiger partial charge in [-0.3, -0.25) is 0 Å². The van der Waals surface area contributed by atoms with Crippen molar-refractivity contribution in [2.24, 2.45) is 0 Å². The van der Waals surface area contributed by atoms with Crippen molar-refractivity contribution >= 4 is 23.2 Å². The smallest absolute Gasteiger partial charge is 0.0441 e. The van der Waals surface area contributed by atoms with Crippen LogP contribution in [0.15, 0.2) is 18.2 Å². The maximum Gasteiger partial charge on any atom is 0.0441 e. The standard InChI is InChI=1S/C12H17Cl2N/c1-3-9-4-5-10(12(14)6-9)7-11(8-13)15-2/h4-6,11,15H,3,7-8H2,1-2H3. The first-order valence-corrected chi connectivity index (χ1v) is 6.13. The number of alkyl halides is 1. The highest BCUT2D eigenvalue weighted by Crippen LogP contribution is 2.20. The second-order valence-electron chi connectivity index (χ2n) is 3.62. The van der Waals surface area contributed by atoms with E-state index in [0.29, 0.717) is 5.88 Å². The van der Waals surface area contributed by atoms with Gasteiger partial charge in [-0.2, -0.15) is 0 Å². The number of halogens is 2. The number of likely N-dealkylation sites (N-methyl/N-ethyl adjacent to an activating group) is 1. The Kier molecular flexibility index (Phi) is 5.44. The number of hydrogen-bond donors (Lipinski definition) is 1. The third kappa shape index (κ3) is 3.67. The molecule has 0 heterocycles. The van der Waals surface area contributed by atoms with Crippen molar-refractivity contribution < 1.29 is 0 Å². The molecule has 1 N–H and O–H groups in total. The molecule has 0 aliphatic carbocycles. The zero-order chi connectivity index (χ0) is 11.3. The lowest BCUT2D eigenvalue weighted by Gasteiger charge is -2.14. The van der Waals surface area contributed by atoms with Crippen molar-refractivity contribution in [2.75, 3.05) is 12.9 Å². The van der Waals surface area contributed by atoms with Crippen LogP contribution >= 0.6 is 23.2 Å². The molecule has 1 aromatic carbocycles. The van der Waals surface area contributed by atoms with Gasteiger partial charge in [-0.05, 0) is 37.1 Å². The summed E-state index contributed by atoms with van der Waals surface area (Å²) in [7, 11) is 1.92. The molecule has 0 radical (unpaired) electrons. The lowest BCUT2D eigenvalue weighted by Crippen LogP contribution is -2.29. The molecule has 0 fully saturated rings. The van der Waals surface area contributed by atoms with Gasteiger partial charge in [0.25, 0.3) is 0 Å². The zero-order valence-electron chi connectivity index (χ0n) is 9.19. The van der Waals surface area contributed by atoms with Crippen LogP contribution in [0.5, 0.6) is 0 Å². The SMILES string of the molecule is CCc1ccc(CC(CCl)NC)c(Cl)c1. The molecule has 1 aromatic rings. The average molecular weight is 246 g/mol. The fraction of sp³-hybridized carbons (Fsp3) is 0.500. The molecule has 84 valence electrons. The monoisotopic (exact) mass is 245 g/mol. The van der Waals surface area contributed by atoms with E-state index in [2.05, 4.69) is 24.4 Å². The van der Waals surface area contributed by atoms with Crippen molar-refractivity contribution in [3.63, 3.8) is 0 Å². The highest BCUT2D eigenvalue weighted by Gasteiger charge is 2.08. The van der Waals surface area contributed by atoms with E-state index in [0.717, 1.165) is 23.4 Å². The van der Waals surface area contributed by atoms with E-state index in [1.54, 1.807) is 0 Å². The highest BCUT2D eigenvalue weighted by atomic mass is 35.5. The molecule has 0 aliphatic rings. The Hall–Kier alpha value is -0.240. The Labute approximate surface area is 102 Å². The van der Waals surface area contributed by atoms with Crippen molar-refractivity contribution in [3.05, 3.63) is 34.3 Å². The lowest BCUT2D eigenvalue weighted by atomic mass is 10.0. The van der Waals surface area contributed by atoms with E-state index < -0.39 is 0 Å². The number of benzene rings is 1. The van der Waals surface area contributed by atoms with Gasteiger partial charge in [0.1, 0.15) is 0 Å². The average Bonchev–Trinajstić information content (AvgIpc) is 2.27. The maximum atomic E-state index is 6.20. The number of aryl methyl sites for hydroxylation is 1. The van der Waals surface area contributed by atoms with Crippen LogP contribution in [0.1, 0.15) is 18.1 Å². The summed E-state index contributed by atoms with van der Waals surface area (Å²) in [4.78, 5) is 0. The minimum absolute atomic E-state index is 0.289. The van der Waals surface area contributed by atoms with E-state index in [1.807, 2.05) is 13.1 Å². The van der Waals surface area contributed by atoms with Gasteiger partial charge in [-0.15, -0.1) is 11.6 Å². The van der Waals surface area contributed by atoms with Crippen molar-refractivity contribution in [2.45, 2.75) is 25.8 Å². The number of rotatable bonds is 5. The van der Waals surface area contributed by atoms with Crippen LogP contribution in [-0.2, 0) is 12.8 Å². The van der Waals surface area contributed by atoms with Crippen LogP contribution in [0.3, 0.4) is 0 Å². The molecule has 0 amide bonds. The zero-order valence-corrected chi connectivity index (χ0v) is 10.7. The Balaban J connectivity index is 2.77. The minimum Gasteiger partial charge on any atom is -0.315 e. The lowest BCUT2D eigenvalue weighted by molar-refractivity contribution is 0.614. The summed E-state index contributed by atoms with van der Waals surface area (Å²) in [6.45, 7) is 2.13. The summed E-state index contributed by atoms with van der Waals surface area (Å²) in [5, 5.41) is 4.01. The first-order valence-electron chi connectivity index (χ1n) is 5.21. The molecule has 1 nitrogen and oxygen atoms in total. The fourth-order valence-corrected chi connectivity index (χ4v) is 2.02. The van der Waals surface area contributed by atoms with Crippen LogP contribution in [0.25, 0.3) is 0 Å². The Morgan fingerprint density at radius 1 is 1.40 bits per heavy atom. The molecule has 15 heavy (non-hydrogen) atoms. The Morgan fingerprint density at radius 3 is 2.60 bits per heavy atom. The normalized spacial score (nSPS) is 12.8. The summed E-state index contributed by atoms with van der Waals surface area (Å²) in [6, 6.07) is 6.55. The molecule has 0 saturated carbocycles. The van der Waals surface area contributed by atoms with E-state index in [-0.39, 0.29) is 6.04 Å². The Bertz CT molecular complexity index is 308. The molecule has 0 bridgehead atoms. The molecule has 0 aliphatic heterocycles. The van der Waals surface area contributed by atoms with Gasteiger partial charge >= 0.3 is 0 Å². The highest BCUT2D eigenvalue weighted by molar-refractivity contribution is 6.31. The van der Waals surface area contributed by atoms with Crippen LogP contribution in [0.4, 0.5) is 0 Å². The summed E-state index contributed by atoms with van der Waals surface area (Å²) in [5.41, 5.74) is 2.43. The molecular formula is C12H17Cl2N. The van der Waals surface area contributed by atoms with E-state index in [1.165, 1.54) is 5.56 Å². The second-order valence-corrected chi connectivity index (χ2v) is 4.34. The summed E-state index contributed by atoms with van der Waals surface area (Å²) >= 11 is 12.0. The van der Waals surface area contributed by atoms with Crippen molar-refractivity contribution in [1.82, 2.24) is 5.32 Å². The van der Waals surface area contributed by atoms with Crippen LogP contribution in [0, 0.1) is 0 Å². The van der Waals surface area contributed by atoms with Gasteiger partial charge in [-0.25, -0.2) is 0 Å². The molecule has 1 unspecified atom stereocenters. The molecular weight excluding hydrogens is 229 g/mol. The molecule has 0 saturated heterocycles. The number of hydrogen-bond acceptors (Lipinski definition) is 1. The second kappa shape index (κ2) is 6.37. The maximum absolute atomic E-state index is 6.20. The van der Waals surface area contributed by atoms with E-state index >= 15 is 0 Å². The molecule has 1 atom stereocenters. The summed E-state index contributed by atoms with van der Waals surface area (Å²) in [5.74, 6) is 0.600. The van der Waals surface area contributed by atoms with Crippen molar-refractivity contribution in [1.29, 1.82) is 0 Å². The van der Waals surface area contributed by atoms with Gasteiger partial charge in [0.15, 0.2) is 0 Å². The van der Waals surface area contributed by atoms with Gasteiger partial charge in [0, 0.05) is 16.9 Å². The predicted molar refractivity (Wildman–Crippen MR) is 68.1 cm³/mol. The number of nitrogens with one attached hydrogen (secondary N) is 1. The first kappa shape index (κ1) is 12.8. The van der Waals surface area contributed by atoms with Gasteiger partial charge < -0.3 is 5.32 Å². The van der Waals surface area contributed by atoms with Gasteiger partial charge in [0.05, 0.1) is 0 Å². The van der Waals surface area contributed by atoms with Crippen LogP contribution in [-0.4, -0.2) is 19.0 Å². The van der Waals surface area contributed by atoms with Gasteiger partial charge in [-0.1, -0.05) is 30.7 Å². The fourth-order valence-electron chi connectivity index (χ4n) is 1.48. The van der Waals surface area contributed by atoms with Gasteiger partial charge in [0.2, 0.25) is 0 Å². The third-order valence-electron chi connectivity index (χ3n) is 2.59. The topological polar surface area (TPSA) is 12.0 Å². The Morgan fingerprint density at radius 2 is 2.13 bits per heavy atom. The molecule has 3 heteroatoms. The quantitative estimate of drug-likeness (QED) is 0.786. The van der Waals surface area contributed by atoms with E-state index in [4.69, 9.17) is 23.2 Å². The van der Waals surface area contributed by atoms with E-state index in [9.17, 15) is 0 Å². The summed E-state index contributed by atoms with van der Waals surface area (Å²) in [6.07, 6.45) is 1.90. The first-order chi connectivity index (χ1) is 7.21. The molecule has 1 rings (SSSR count). The van der Waals surface area contributed by atoms with Crippen molar-refractivity contribution in [3.8, 4) is 0 Å². The van der Waals surface area contributed by atoms with Crippen LogP contribution < -0.4 is 5.32 Å². The molecule has 0 aromatic heterocycles. The molecule has 0 spiro atoms. The van der Waals surface area contributed by atoms with Crippen LogP contribution in [0.2, 0.25) is 5.02 Å².